The second kappa shape index (κ2) is 20.8. The van der Waals surface area contributed by atoms with Gasteiger partial charge in [0.15, 0.2) is 5.78 Å². The fourth-order valence-electron chi connectivity index (χ4n) is 5.76. The maximum absolute atomic E-state index is 12.7. The van der Waals surface area contributed by atoms with Gasteiger partial charge >= 0.3 is 5.97 Å². The number of nitrogens with one attached hydrogen (secondary N) is 1. The summed E-state index contributed by atoms with van der Waals surface area (Å²) in [4.78, 5) is 78.3. The van der Waals surface area contributed by atoms with E-state index in [4.69, 9.17) is 0 Å². The zero-order valence-corrected chi connectivity index (χ0v) is 27.7. The van der Waals surface area contributed by atoms with Crippen molar-refractivity contribution in [3.8, 4) is 11.1 Å². The molecule has 1 aliphatic rings. The third-order valence-corrected chi connectivity index (χ3v) is 8.51. The molecule has 1 fully saturated rings. The summed E-state index contributed by atoms with van der Waals surface area (Å²) in [6, 6.07) is 16.1. The highest BCUT2D eigenvalue weighted by atomic mass is 16.4. The summed E-state index contributed by atoms with van der Waals surface area (Å²) >= 11 is 0. The van der Waals surface area contributed by atoms with E-state index in [9.17, 15) is 44.1 Å². The molecule has 1 unspecified atom stereocenters. The predicted molar refractivity (Wildman–Crippen MR) is 176 cm³/mol. The molecular formula is C35H45N5O9-2. The first-order chi connectivity index (χ1) is 23.5. The van der Waals surface area contributed by atoms with Crippen molar-refractivity contribution in [3.05, 3.63) is 60.2 Å². The van der Waals surface area contributed by atoms with E-state index >= 15 is 0 Å². The van der Waals surface area contributed by atoms with E-state index < -0.39 is 30.5 Å². The summed E-state index contributed by atoms with van der Waals surface area (Å²) in [5.74, 6) is -4.13. The zero-order chi connectivity index (χ0) is 35.6. The number of hydrogen-bond acceptors (Lipinski definition) is 12. The van der Waals surface area contributed by atoms with Gasteiger partial charge in [0.2, 0.25) is 5.91 Å². The first-order valence-corrected chi connectivity index (χ1v) is 16.5. The number of carbonyl (C=O) groups is 6. The van der Waals surface area contributed by atoms with Crippen LogP contribution in [-0.2, 0) is 24.0 Å². The number of carboxylic acids is 3. The number of aldehydes is 1. The Kier molecular flexibility index (Phi) is 16.5. The molecule has 2 N–H and O–H groups in total. The number of aliphatic carboxylic acids is 3. The number of nitrogens with zero attached hydrogens (tertiary/aromatic N) is 4. The third kappa shape index (κ3) is 14.3. The minimum Gasteiger partial charge on any atom is -0.549 e. The average Bonchev–Trinajstić information content (AvgIpc) is 3.07. The lowest BCUT2D eigenvalue weighted by atomic mass is 10.0. The van der Waals surface area contributed by atoms with Crippen LogP contribution in [0.3, 0.4) is 0 Å². The highest BCUT2D eigenvalue weighted by Crippen LogP contribution is 2.20. The van der Waals surface area contributed by atoms with Crippen molar-refractivity contribution in [1.29, 1.82) is 0 Å². The molecule has 14 nitrogen and oxygen atoms in total. The van der Waals surface area contributed by atoms with Crippen molar-refractivity contribution in [1.82, 2.24) is 24.9 Å². The molecule has 1 heterocycles. The number of rotatable bonds is 17. The highest BCUT2D eigenvalue weighted by Gasteiger charge is 2.27. The highest BCUT2D eigenvalue weighted by molar-refractivity contribution is 5.98. The Balaban J connectivity index is 1.53. The number of hydrogen-bond donors (Lipinski definition) is 2. The van der Waals surface area contributed by atoms with Crippen molar-refractivity contribution >= 4 is 35.9 Å². The minimum atomic E-state index is -1.31. The smallest absolute Gasteiger partial charge is 0.320 e. The SMILES string of the molecule is O=CCN1CCN(CC(=O)[O-])CCN(CC(=O)[O-])CCN(C(CCCNC(=O)CCC(=O)c2ccc(-c3ccccc3)cc2)C(=O)O)CC1. The molecule has 1 saturated heterocycles. The van der Waals surface area contributed by atoms with Crippen LogP contribution in [0.1, 0.15) is 36.0 Å². The molecule has 0 spiro atoms. The van der Waals surface area contributed by atoms with Gasteiger partial charge in [-0.2, -0.15) is 0 Å². The molecule has 0 saturated carbocycles. The second-order valence-corrected chi connectivity index (χ2v) is 12.0. The molecule has 2 aromatic carbocycles. The van der Waals surface area contributed by atoms with E-state index in [2.05, 4.69) is 5.32 Å². The zero-order valence-electron chi connectivity index (χ0n) is 27.7. The maximum Gasteiger partial charge on any atom is 0.320 e. The Labute approximate surface area is 286 Å². The van der Waals surface area contributed by atoms with Crippen molar-refractivity contribution in [2.45, 2.75) is 31.7 Å². The number of carboxylic acid groups (broad SMARTS) is 3. The van der Waals surface area contributed by atoms with Gasteiger partial charge in [-0.25, -0.2) is 0 Å². The monoisotopic (exact) mass is 679 g/mol. The first kappa shape index (κ1) is 38.9. The minimum absolute atomic E-state index is 0.00496. The maximum atomic E-state index is 12.7. The largest absolute Gasteiger partial charge is 0.549 e. The lowest BCUT2D eigenvalue weighted by molar-refractivity contribution is -0.308. The van der Waals surface area contributed by atoms with Crippen LogP contribution < -0.4 is 15.5 Å². The van der Waals surface area contributed by atoms with Gasteiger partial charge < -0.3 is 35.0 Å². The summed E-state index contributed by atoms with van der Waals surface area (Å²) in [6.45, 7) is 1.54. The fraction of sp³-hybridized carbons (Fsp3) is 0.486. The average molecular weight is 680 g/mol. The van der Waals surface area contributed by atoms with Gasteiger partial charge in [0.1, 0.15) is 12.3 Å². The van der Waals surface area contributed by atoms with Crippen LogP contribution in [0.5, 0.6) is 0 Å². The molecule has 2 aromatic rings. The molecule has 3 rings (SSSR count). The molecule has 1 amide bonds. The summed E-state index contributed by atoms with van der Waals surface area (Å²) in [5, 5.41) is 35.6. The number of carbonyl (C=O) groups excluding carboxylic acids is 5. The Morgan fingerprint density at radius 1 is 0.735 bits per heavy atom. The second-order valence-electron chi connectivity index (χ2n) is 12.0. The molecule has 0 radical (unpaired) electrons. The Morgan fingerprint density at radius 3 is 1.82 bits per heavy atom. The summed E-state index contributed by atoms with van der Waals surface area (Å²) in [5.41, 5.74) is 2.54. The van der Waals surface area contributed by atoms with Crippen LogP contribution in [-0.4, -0.2) is 145 Å². The van der Waals surface area contributed by atoms with Crippen LogP contribution >= 0.6 is 0 Å². The molecular weight excluding hydrogens is 634 g/mol. The van der Waals surface area contributed by atoms with Crippen molar-refractivity contribution in [2.24, 2.45) is 0 Å². The summed E-state index contributed by atoms with van der Waals surface area (Å²) in [6.07, 6.45) is 1.29. The van der Waals surface area contributed by atoms with Crippen molar-refractivity contribution in [2.75, 3.05) is 78.5 Å². The van der Waals surface area contributed by atoms with Crippen molar-refractivity contribution < 1.29 is 44.1 Å². The fourth-order valence-corrected chi connectivity index (χ4v) is 5.76. The number of amides is 1. The van der Waals surface area contributed by atoms with Crippen LogP contribution in [0.25, 0.3) is 11.1 Å². The normalized spacial score (nSPS) is 16.5. The Morgan fingerprint density at radius 2 is 1.27 bits per heavy atom. The van der Waals surface area contributed by atoms with E-state index in [-0.39, 0.29) is 89.9 Å². The molecule has 49 heavy (non-hydrogen) atoms. The summed E-state index contributed by atoms with van der Waals surface area (Å²) in [7, 11) is 0. The standard InChI is InChI=1S/C35H47N5O9/c41-24-23-37-15-16-38(25-33(44)45)17-18-39(26-34(46)47)20-22-40(21-19-37)30(35(48)49)7-4-14-36-32(43)13-12-31(42)29-10-8-28(9-11-29)27-5-2-1-3-6-27/h1-3,5-6,8-11,24,30H,4,7,12-23,25-26H2,(H,36,43)(H,44,45)(H,46,47)(H,48,49)/p-2. The van der Waals surface area contributed by atoms with Crippen LogP contribution in [0.15, 0.2) is 54.6 Å². The molecule has 0 aliphatic carbocycles. The van der Waals surface area contributed by atoms with Gasteiger partial charge in [-0.05, 0) is 24.0 Å². The first-order valence-electron chi connectivity index (χ1n) is 16.5. The van der Waals surface area contributed by atoms with E-state index in [0.29, 0.717) is 25.1 Å². The lowest BCUT2D eigenvalue weighted by Gasteiger charge is -2.36. The van der Waals surface area contributed by atoms with Crippen LogP contribution in [0.2, 0.25) is 0 Å². The van der Waals surface area contributed by atoms with E-state index in [1.165, 1.54) is 0 Å². The van der Waals surface area contributed by atoms with Gasteiger partial charge in [0.05, 0.1) is 18.5 Å². The number of benzene rings is 2. The topological polar surface area (TPSA) is 194 Å². The van der Waals surface area contributed by atoms with Gasteiger partial charge in [0.25, 0.3) is 0 Å². The molecule has 1 atom stereocenters. The molecule has 0 aromatic heterocycles. The molecule has 14 heteroatoms. The molecule has 0 bridgehead atoms. The molecule has 266 valence electrons. The van der Waals surface area contributed by atoms with Crippen molar-refractivity contribution in [3.63, 3.8) is 0 Å². The number of Topliss-reactive ketones (excluding diaryl/α,β-unsaturated/α-hetero) is 1. The van der Waals surface area contributed by atoms with Crippen LogP contribution in [0, 0.1) is 0 Å². The predicted octanol–water partition coefficient (Wildman–Crippen LogP) is -1.41. The van der Waals surface area contributed by atoms with Gasteiger partial charge in [-0.3, -0.25) is 34.0 Å². The Bertz CT molecular complexity index is 1390. The lowest BCUT2D eigenvalue weighted by Crippen LogP contribution is -2.52. The Hall–Kier alpha value is -4.50. The summed E-state index contributed by atoms with van der Waals surface area (Å²) < 4.78 is 0. The number of ketones is 1. The quantitative estimate of drug-likeness (QED) is 0.113. The van der Waals surface area contributed by atoms with Gasteiger partial charge in [-0.1, -0.05) is 54.6 Å². The van der Waals surface area contributed by atoms with E-state index in [1.54, 1.807) is 31.7 Å². The van der Waals surface area contributed by atoms with Gasteiger partial charge in [-0.15, -0.1) is 0 Å². The van der Waals surface area contributed by atoms with Gasteiger partial charge in [0, 0.05) is 90.4 Å². The van der Waals surface area contributed by atoms with E-state index in [1.807, 2.05) is 42.5 Å². The van der Waals surface area contributed by atoms with E-state index in [0.717, 1.165) is 17.4 Å². The third-order valence-electron chi connectivity index (χ3n) is 8.51. The van der Waals surface area contributed by atoms with Crippen LogP contribution in [0.4, 0.5) is 0 Å². The molecule has 1 aliphatic heterocycles.